The zero-order chi connectivity index (χ0) is 15.4. The first-order chi connectivity index (χ1) is 9.97. The Labute approximate surface area is 125 Å². The first-order valence-corrected chi connectivity index (χ1v) is 7.65. The number of benzene rings is 1. The van der Waals surface area contributed by atoms with E-state index in [1.807, 2.05) is 0 Å². The fourth-order valence-electron chi connectivity index (χ4n) is 2.24. The van der Waals surface area contributed by atoms with Gasteiger partial charge in [0.05, 0.1) is 11.9 Å². The fraction of sp³-hybridized carbons (Fsp3) is 0.429. The van der Waals surface area contributed by atoms with Gasteiger partial charge in [0, 0.05) is 18.7 Å². The number of amides is 1. The summed E-state index contributed by atoms with van der Waals surface area (Å²) in [5.41, 5.74) is 0.894. The van der Waals surface area contributed by atoms with Crippen molar-refractivity contribution in [1.29, 1.82) is 0 Å². The van der Waals surface area contributed by atoms with Crippen LogP contribution in [0.2, 0.25) is 0 Å². The maximum atomic E-state index is 12.7. The Bertz CT molecular complexity index is 522. The van der Waals surface area contributed by atoms with E-state index < -0.39 is 18.1 Å². The van der Waals surface area contributed by atoms with Crippen molar-refractivity contribution in [3.05, 3.63) is 35.6 Å². The number of aliphatic hydroxyl groups excluding tert-OH is 1. The molecule has 1 aromatic carbocycles. The molecule has 2 N–H and O–H groups in total. The maximum Gasteiger partial charge on any atom is 0.326 e. The normalized spacial score (nSPS) is 21.5. The monoisotopic (exact) mass is 313 g/mol. The van der Waals surface area contributed by atoms with Gasteiger partial charge in [0.2, 0.25) is 5.91 Å². The SMILES string of the molecule is O=C(O)C1CC(O)CN1C(=O)CSCc1ccc(F)cc1. The van der Waals surface area contributed by atoms with Crippen LogP contribution in [-0.4, -0.2) is 51.4 Å². The van der Waals surface area contributed by atoms with E-state index in [0.29, 0.717) is 5.75 Å². The predicted octanol–water partition coefficient (Wildman–Crippen LogP) is 1.11. The van der Waals surface area contributed by atoms with Crippen molar-refractivity contribution in [3.63, 3.8) is 0 Å². The van der Waals surface area contributed by atoms with Crippen LogP contribution < -0.4 is 0 Å². The van der Waals surface area contributed by atoms with E-state index in [1.165, 1.54) is 28.8 Å². The Morgan fingerprint density at radius 1 is 1.33 bits per heavy atom. The molecule has 5 nitrogen and oxygen atoms in total. The van der Waals surface area contributed by atoms with E-state index in [4.69, 9.17) is 5.11 Å². The fourth-order valence-corrected chi connectivity index (χ4v) is 3.11. The van der Waals surface area contributed by atoms with E-state index in [0.717, 1.165) is 5.56 Å². The average Bonchev–Trinajstić information content (AvgIpc) is 2.83. The Hall–Kier alpha value is -1.60. The number of aliphatic hydroxyl groups is 1. The van der Waals surface area contributed by atoms with Crippen LogP contribution in [0.1, 0.15) is 12.0 Å². The van der Waals surface area contributed by atoms with E-state index in [-0.39, 0.29) is 30.4 Å². The van der Waals surface area contributed by atoms with Crippen molar-refractivity contribution in [3.8, 4) is 0 Å². The molecule has 7 heteroatoms. The third kappa shape index (κ3) is 4.18. The number of aliphatic carboxylic acids is 1. The predicted molar refractivity (Wildman–Crippen MR) is 76.3 cm³/mol. The number of hydrogen-bond donors (Lipinski definition) is 2. The Balaban J connectivity index is 1.84. The number of thioether (sulfide) groups is 1. The van der Waals surface area contributed by atoms with Crippen LogP contribution in [0.15, 0.2) is 24.3 Å². The van der Waals surface area contributed by atoms with E-state index in [2.05, 4.69) is 0 Å². The van der Waals surface area contributed by atoms with E-state index >= 15 is 0 Å². The van der Waals surface area contributed by atoms with Crippen LogP contribution in [0.5, 0.6) is 0 Å². The molecule has 1 fully saturated rings. The van der Waals surface area contributed by atoms with Crippen molar-refractivity contribution in [1.82, 2.24) is 4.90 Å². The minimum Gasteiger partial charge on any atom is -0.480 e. The number of carbonyl (C=O) groups is 2. The number of carboxylic acids is 1. The average molecular weight is 313 g/mol. The lowest BCUT2D eigenvalue weighted by atomic mass is 10.2. The molecule has 1 heterocycles. The largest absolute Gasteiger partial charge is 0.480 e. The van der Waals surface area contributed by atoms with Crippen LogP contribution in [0.3, 0.4) is 0 Å². The summed E-state index contributed by atoms with van der Waals surface area (Å²) in [6.45, 7) is 0.0624. The Kier molecular flexibility index (Phi) is 5.19. The molecule has 1 aliphatic heterocycles. The number of hydrogen-bond acceptors (Lipinski definition) is 4. The molecule has 1 amide bonds. The second-order valence-electron chi connectivity index (χ2n) is 4.91. The van der Waals surface area contributed by atoms with Gasteiger partial charge in [-0.2, -0.15) is 0 Å². The second kappa shape index (κ2) is 6.91. The standard InChI is InChI=1S/C14H16FNO4S/c15-10-3-1-9(2-4-10)7-21-8-13(18)16-6-11(17)5-12(16)14(19)20/h1-4,11-12,17H,5-8H2,(H,19,20). The number of carbonyl (C=O) groups excluding carboxylic acids is 1. The molecule has 114 valence electrons. The van der Waals surface area contributed by atoms with Gasteiger partial charge in [-0.3, -0.25) is 4.79 Å². The number of halogens is 1. The summed E-state index contributed by atoms with van der Waals surface area (Å²) in [6.07, 6.45) is -0.707. The quantitative estimate of drug-likeness (QED) is 0.851. The molecule has 1 aliphatic rings. The lowest BCUT2D eigenvalue weighted by Gasteiger charge is -2.20. The highest BCUT2D eigenvalue weighted by Crippen LogP contribution is 2.20. The van der Waals surface area contributed by atoms with Crippen molar-refractivity contribution in [2.75, 3.05) is 12.3 Å². The van der Waals surface area contributed by atoms with Gasteiger partial charge in [0.25, 0.3) is 0 Å². The highest BCUT2D eigenvalue weighted by Gasteiger charge is 2.38. The molecule has 2 rings (SSSR count). The molecule has 0 radical (unpaired) electrons. The molecule has 0 aliphatic carbocycles. The van der Waals surface area contributed by atoms with Crippen molar-refractivity contribution < 1.29 is 24.2 Å². The van der Waals surface area contributed by atoms with Gasteiger partial charge >= 0.3 is 5.97 Å². The van der Waals surface area contributed by atoms with Crippen molar-refractivity contribution >= 4 is 23.6 Å². The van der Waals surface area contributed by atoms with Gasteiger partial charge in [0.1, 0.15) is 11.9 Å². The molecule has 0 bridgehead atoms. The zero-order valence-electron chi connectivity index (χ0n) is 11.2. The molecule has 0 spiro atoms. The van der Waals surface area contributed by atoms with Crippen LogP contribution in [0.4, 0.5) is 4.39 Å². The number of rotatable bonds is 5. The molecule has 21 heavy (non-hydrogen) atoms. The summed E-state index contributed by atoms with van der Waals surface area (Å²) in [5.74, 6) is -1.03. The van der Waals surface area contributed by atoms with Gasteiger partial charge in [-0.25, -0.2) is 9.18 Å². The number of likely N-dealkylation sites (tertiary alicyclic amines) is 1. The van der Waals surface area contributed by atoms with Gasteiger partial charge in [-0.05, 0) is 17.7 Å². The highest BCUT2D eigenvalue weighted by atomic mass is 32.2. The van der Waals surface area contributed by atoms with Gasteiger partial charge < -0.3 is 15.1 Å². The summed E-state index contributed by atoms with van der Waals surface area (Å²) in [7, 11) is 0. The number of nitrogens with zero attached hydrogens (tertiary/aromatic N) is 1. The summed E-state index contributed by atoms with van der Waals surface area (Å²) in [6, 6.07) is 5.06. The summed E-state index contributed by atoms with van der Waals surface area (Å²) in [4.78, 5) is 24.3. The molecule has 1 aromatic rings. The van der Waals surface area contributed by atoms with Crippen molar-refractivity contribution in [2.45, 2.75) is 24.3 Å². The lowest BCUT2D eigenvalue weighted by Crippen LogP contribution is -2.41. The van der Waals surface area contributed by atoms with Crippen LogP contribution in [0.25, 0.3) is 0 Å². The highest BCUT2D eigenvalue weighted by molar-refractivity contribution is 7.99. The minimum atomic E-state index is -1.09. The first kappa shape index (κ1) is 15.8. The molecular formula is C14H16FNO4S. The van der Waals surface area contributed by atoms with Crippen LogP contribution >= 0.6 is 11.8 Å². The first-order valence-electron chi connectivity index (χ1n) is 6.50. The van der Waals surface area contributed by atoms with Crippen molar-refractivity contribution in [2.24, 2.45) is 0 Å². The minimum absolute atomic E-state index is 0.0624. The maximum absolute atomic E-state index is 12.7. The number of β-amino-alcohol motifs (C(OH)–C–C–N with tert-alkyl or cyclic N) is 1. The molecular weight excluding hydrogens is 297 g/mol. The lowest BCUT2D eigenvalue weighted by molar-refractivity contribution is -0.147. The third-order valence-electron chi connectivity index (χ3n) is 3.29. The van der Waals surface area contributed by atoms with E-state index in [9.17, 15) is 19.1 Å². The third-order valence-corrected chi connectivity index (χ3v) is 4.28. The molecule has 0 saturated carbocycles. The smallest absolute Gasteiger partial charge is 0.326 e. The summed E-state index contributed by atoms with van der Waals surface area (Å²) < 4.78 is 12.7. The second-order valence-corrected chi connectivity index (χ2v) is 5.89. The van der Waals surface area contributed by atoms with Crippen LogP contribution in [-0.2, 0) is 15.3 Å². The topological polar surface area (TPSA) is 77.8 Å². The van der Waals surface area contributed by atoms with Crippen LogP contribution in [0, 0.1) is 5.82 Å². The molecule has 0 aromatic heterocycles. The van der Waals surface area contributed by atoms with Gasteiger partial charge in [-0.15, -0.1) is 11.8 Å². The summed E-state index contributed by atoms with van der Waals surface area (Å²) in [5, 5.41) is 18.5. The van der Waals surface area contributed by atoms with Gasteiger partial charge in [0.15, 0.2) is 0 Å². The molecule has 2 atom stereocenters. The molecule has 1 saturated heterocycles. The Morgan fingerprint density at radius 3 is 2.62 bits per heavy atom. The zero-order valence-corrected chi connectivity index (χ0v) is 12.1. The van der Waals surface area contributed by atoms with Gasteiger partial charge in [-0.1, -0.05) is 12.1 Å². The number of carboxylic acid groups (broad SMARTS) is 1. The Morgan fingerprint density at radius 2 is 2.00 bits per heavy atom. The summed E-state index contributed by atoms with van der Waals surface area (Å²) >= 11 is 1.33. The van der Waals surface area contributed by atoms with E-state index in [1.54, 1.807) is 12.1 Å². The molecule has 2 unspecified atom stereocenters.